The van der Waals surface area contributed by atoms with Crippen LogP contribution in [-0.4, -0.2) is 32.2 Å². The summed E-state index contributed by atoms with van der Waals surface area (Å²) in [5, 5.41) is 0. The molecular weight excluding hydrogens is 420 g/mol. The average molecular weight is 443 g/mol. The van der Waals surface area contributed by atoms with Crippen LogP contribution in [0.2, 0.25) is 0 Å². The van der Waals surface area contributed by atoms with Crippen LogP contribution < -0.4 is 0 Å². The van der Waals surface area contributed by atoms with Crippen LogP contribution in [0.1, 0.15) is 16.7 Å². The molecule has 32 heavy (non-hydrogen) atoms. The van der Waals surface area contributed by atoms with Gasteiger partial charge in [0, 0.05) is 18.2 Å². The molecule has 0 aromatic heterocycles. The number of nitrogens with zero attached hydrogens (tertiary/aromatic N) is 2. The Labute approximate surface area is 188 Å². The van der Waals surface area contributed by atoms with Gasteiger partial charge in [-0.15, -0.1) is 0 Å². The van der Waals surface area contributed by atoms with Crippen molar-refractivity contribution in [1.29, 1.82) is 0 Å². The lowest BCUT2D eigenvalue weighted by atomic mass is 10.1. The van der Waals surface area contributed by atoms with Crippen molar-refractivity contribution in [2.75, 3.05) is 13.6 Å². The molecule has 0 N–H and O–H groups in total. The van der Waals surface area contributed by atoms with Gasteiger partial charge in [0.2, 0.25) is 11.8 Å². The van der Waals surface area contributed by atoms with E-state index < -0.39 is 10.0 Å². The number of hydrogen-bond acceptors (Lipinski definition) is 4. The summed E-state index contributed by atoms with van der Waals surface area (Å²) in [5.74, 6) is 6.65. The van der Waals surface area contributed by atoms with Crippen molar-refractivity contribution in [2.45, 2.75) is 11.8 Å². The molecule has 3 aromatic rings. The summed E-state index contributed by atoms with van der Waals surface area (Å²) in [5.41, 5.74) is 3.06. The quantitative estimate of drug-likeness (QED) is 0.564. The second-order valence-corrected chi connectivity index (χ2v) is 9.24. The van der Waals surface area contributed by atoms with Gasteiger partial charge in [-0.2, -0.15) is 0 Å². The fourth-order valence-corrected chi connectivity index (χ4v) is 4.29. The van der Waals surface area contributed by atoms with E-state index in [9.17, 15) is 8.42 Å². The molecule has 0 unspecified atom stereocenters. The van der Waals surface area contributed by atoms with Gasteiger partial charge in [-0.1, -0.05) is 65.9 Å². The van der Waals surface area contributed by atoms with Crippen LogP contribution in [0.15, 0.2) is 106 Å². The van der Waals surface area contributed by atoms with Crippen LogP contribution in [-0.2, 0) is 14.8 Å². The maximum atomic E-state index is 13.3. The highest BCUT2D eigenvalue weighted by Crippen LogP contribution is 2.25. The number of sulfonamides is 1. The van der Waals surface area contributed by atoms with Crippen LogP contribution in [0.25, 0.3) is 0 Å². The zero-order chi connectivity index (χ0) is 22.6. The molecule has 1 aliphatic rings. The van der Waals surface area contributed by atoms with E-state index in [2.05, 4.69) is 16.8 Å². The van der Waals surface area contributed by atoms with E-state index in [1.165, 1.54) is 7.05 Å². The third kappa shape index (κ3) is 4.58. The van der Waals surface area contributed by atoms with E-state index in [1.807, 2.05) is 67.6 Å². The minimum Gasteiger partial charge on any atom is -0.420 e. The maximum Gasteiger partial charge on any atom is 0.266 e. The third-order valence-corrected chi connectivity index (χ3v) is 6.70. The predicted octanol–water partition coefficient (Wildman–Crippen LogP) is 4.36. The van der Waals surface area contributed by atoms with E-state index >= 15 is 0 Å². The monoisotopic (exact) mass is 442 g/mol. The molecular formula is C26H22N2O3S. The topological polar surface area (TPSA) is 59.0 Å². The van der Waals surface area contributed by atoms with Crippen LogP contribution in [0.4, 0.5) is 0 Å². The van der Waals surface area contributed by atoms with Gasteiger partial charge in [0.1, 0.15) is 0 Å². The lowest BCUT2D eigenvalue weighted by molar-refractivity contribution is 0.301. The third-order valence-electron chi connectivity index (χ3n) is 4.95. The summed E-state index contributed by atoms with van der Waals surface area (Å²) < 4.78 is 33.8. The first-order valence-corrected chi connectivity index (χ1v) is 11.5. The highest BCUT2D eigenvalue weighted by atomic mass is 32.2. The van der Waals surface area contributed by atoms with Crippen molar-refractivity contribution in [3.8, 4) is 11.8 Å². The molecule has 6 heteroatoms. The summed E-state index contributed by atoms with van der Waals surface area (Å²) in [7, 11) is -2.37. The largest absolute Gasteiger partial charge is 0.420 e. The van der Waals surface area contributed by atoms with E-state index in [4.69, 9.17) is 4.74 Å². The summed E-state index contributed by atoms with van der Waals surface area (Å²) in [6.07, 6.45) is 0. The van der Waals surface area contributed by atoms with Crippen molar-refractivity contribution in [1.82, 2.24) is 4.31 Å². The first-order valence-electron chi connectivity index (χ1n) is 10.1. The Morgan fingerprint density at radius 1 is 0.875 bits per heavy atom. The molecule has 0 aliphatic carbocycles. The molecule has 4 rings (SSSR count). The van der Waals surface area contributed by atoms with Crippen molar-refractivity contribution in [2.24, 2.45) is 4.99 Å². The zero-order valence-corrected chi connectivity index (χ0v) is 18.6. The van der Waals surface area contributed by atoms with Crippen LogP contribution >= 0.6 is 0 Å². The van der Waals surface area contributed by atoms with Gasteiger partial charge in [0.15, 0.2) is 0 Å². The normalized spacial score (nSPS) is 13.5. The molecule has 0 fully saturated rings. The Hall–Kier alpha value is -3.82. The van der Waals surface area contributed by atoms with Crippen molar-refractivity contribution >= 4 is 15.9 Å². The predicted molar refractivity (Wildman–Crippen MR) is 125 cm³/mol. The number of hydrogen-bond donors (Lipinski definition) is 0. The van der Waals surface area contributed by atoms with Crippen LogP contribution in [0.3, 0.4) is 0 Å². The van der Waals surface area contributed by atoms with Gasteiger partial charge >= 0.3 is 0 Å². The number of ether oxygens (including phenoxy) is 1. The molecule has 5 nitrogen and oxygen atoms in total. The second-order valence-electron chi connectivity index (χ2n) is 7.27. The Morgan fingerprint density at radius 3 is 2.16 bits per heavy atom. The van der Waals surface area contributed by atoms with Gasteiger partial charge in [0.05, 0.1) is 17.0 Å². The Morgan fingerprint density at radius 2 is 1.50 bits per heavy atom. The van der Waals surface area contributed by atoms with Gasteiger partial charge in [-0.25, -0.2) is 17.7 Å². The summed E-state index contributed by atoms with van der Waals surface area (Å²) in [6, 6.07) is 25.6. The first kappa shape index (κ1) is 21.4. The van der Waals surface area contributed by atoms with E-state index in [1.54, 1.807) is 24.3 Å². The molecule has 3 aromatic carbocycles. The minimum atomic E-state index is -3.85. The molecule has 0 radical (unpaired) electrons. The Kier molecular flexibility index (Phi) is 6.11. The molecule has 0 saturated carbocycles. The summed E-state index contributed by atoms with van der Waals surface area (Å²) >= 11 is 0. The molecule has 0 saturated heterocycles. The van der Waals surface area contributed by atoms with E-state index in [-0.39, 0.29) is 17.3 Å². The summed E-state index contributed by atoms with van der Waals surface area (Å²) in [4.78, 5) is 4.69. The SMILES string of the molecule is Cc1ccc(S(=O)(=O)N(C)C2=C(C#Cc3ccccc3)CN=C(c3ccccc3)O2)cc1. The van der Waals surface area contributed by atoms with Crippen molar-refractivity contribution in [3.05, 3.63) is 113 Å². The number of aliphatic imine (C=N–C) groups is 1. The first-order chi connectivity index (χ1) is 15.4. The molecule has 1 aliphatic heterocycles. The van der Waals surface area contributed by atoms with Gasteiger partial charge in [0.25, 0.3) is 10.0 Å². The number of benzene rings is 3. The molecule has 0 bridgehead atoms. The summed E-state index contributed by atoms with van der Waals surface area (Å²) in [6.45, 7) is 2.12. The second kappa shape index (κ2) is 9.13. The zero-order valence-electron chi connectivity index (χ0n) is 17.8. The number of rotatable bonds is 4. The lowest BCUT2D eigenvalue weighted by Crippen LogP contribution is -2.32. The van der Waals surface area contributed by atoms with Gasteiger partial charge in [-0.05, 0) is 43.3 Å². The molecule has 160 valence electrons. The van der Waals surface area contributed by atoms with Gasteiger partial charge in [-0.3, -0.25) is 0 Å². The Balaban J connectivity index is 1.75. The fourth-order valence-electron chi connectivity index (χ4n) is 3.13. The number of aryl methyl sites for hydroxylation is 1. The molecule has 1 heterocycles. The fraction of sp³-hybridized carbons (Fsp3) is 0.115. The average Bonchev–Trinajstić information content (AvgIpc) is 2.83. The highest BCUT2D eigenvalue weighted by Gasteiger charge is 2.29. The molecule has 0 amide bonds. The molecule has 0 atom stereocenters. The van der Waals surface area contributed by atoms with Crippen molar-refractivity contribution < 1.29 is 13.2 Å². The van der Waals surface area contributed by atoms with E-state index in [0.29, 0.717) is 11.5 Å². The van der Waals surface area contributed by atoms with Crippen LogP contribution in [0.5, 0.6) is 0 Å². The minimum absolute atomic E-state index is 0.155. The van der Waals surface area contributed by atoms with Crippen LogP contribution in [0, 0.1) is 18.8 Å². The lowest BCUT2D eigenvalue weighted by Gasteiger charge is -2.26. The smallest absolute Gasteiger partial charge is 0.266 e. The van der Waals surface area contributed by atoms with Crippen molar-refractivity contribution in [3.63, 3.8) is 0 Å². The maximum absolute atomic E-state index is 13.3. The Bertz CT molecular complexity index is 1330. The highest BCUT2D eigenvalue weighted by molar-refractivity contribution is 7.89. The molecule has 0 spiro atoms. The van der Waals surface area contributed by atoms with Gasteiger partial charge < -0.3 is 4.74 Å². The standard InChI is InChI=1S/C26H22N2O3S/c1-20-13-17-24(18-14-20)32(29,30)28(2)26-23(16-15-21-9-5-3-6-10-21)19-27-25(31-26)22-11-7-4-8-12-22/h3-14,17-18H,19H2,1-2H3. The van der Waals surface area contributed by atoms with E-state index in [0.717, 1.165) is 21.0 Å².